The van der Waals surface area contributed by atoms with E-state index in [1.807, 2.05) is 24.3 Å². The van der Waals surface area contributed by atoms with Gasteiger partial charge in [0.05, 0.1) is 12.0 Å². The van der Waals surface area contributed by atoms with Crippen molar-refractivity contribution in [3.05, 3.63) is 60.2 Å². The number of carbonyl (C=O) groups is 1. The molecule has 3 aromatic rings. The Kier molecular flexibility index (Phi) is 3.59. The number of amides is 1. The summed E-state index contributed by atoms with van der Waals surface area (Å²) in [6.45, 7) is 0. The molecule has 112 valence electrons. The standard InChI is InChI=1S/C18H12N2OS2/c21-17-11-23-18(22)20(17)19-10-16-14-7-3-1-5-12(14)9-13-6-2-4-8-15(13)16/h1-10H,11H2/b19-10+. The minimum absolute atomic E-state index is 0.0687. The van der Waals surface area contributed by atoms with Crippen LogP contribution in [0.1, 0.15) is 5.56 Å². The van der Waals surface area contributed by atoms with Crippen LogP contribution in [0.25, 0.3) is 21.5 Å². The number of thioether (sulfide) groups is 1. The van der Waals surface area contributed by atoms with Crippen LogP contribution in [0.4, 0.5) is 0 Å². The van der Waals surface area contributed by atoms with E-state index in [1.54, 1.807) is 6.21 Å². The minimum atomic E-state index is -0.0687. The average Bonchev–Trinajstić information content (AvgIpc) is 2.90. The molecular formula is C18H12N2OS2. The van der Waals surface area contributed by atoms with Crippen LogP contribution in [0.5, 0.6) is 0 Å². The maximum atomic E-state index is 11.8. The van der Waals surface area contributed by atoms with Gasteiger partial charge in [-0.1, -0.05) is 72.5 Å². The molecule has 0 aromatic heterocycles. The summed E-state index contributed by atoms with van der Waals surface area (Å²) in [7, 11) is 0. The van der Waals surface area contributed by atoms with Crippen molar-refractivity contribution < 1.29 is 4.79 Å². The molecule has 4 rings (SSSR count). The summed E-state index contributed by atoms with van der Waals surface area (Å²) in [5.41, 5.74) is 1.01. The molecule has 1 aliphatic heterocycles. The van der Waals surface area contributed by atoms with Gasteiger partial charge in [-0.25, -0.2) is 0 Å². The van der Waals surface area contributed by atoms with Crippen LogP contribution in [0.15, 0.2) is 59.7 Å². The Hall–Kier alpha value is -2.24. The first-order chi connectivity index (χ1) is 11.2. The third-order valence-electron chi connectivity index (χ3n) is 3.84. The van der Waals surface area contributed by atoms with Gasteiger partial charge in [-0.05, 0) is 27.6 Å². The lowest BCUT2D eigenvalue weighted by atomic mass is 9.97. The number of hydrazone groups is 1. The van der Waals surface area contributed by atoms with E-state index in [0.29, 0.717) is 10.1 Å². The molecule has 0 radical (unpaired) electrons. The number of hydrogen-bond donors (Lipinski definition) is 0. The maximum Gasteiger partial charge on any atom is 0.259 e. The largest absolute Gasteiger partial charge is 0.272 e. The van der Waals surface area contributed by atoms with Crippen LogP contribution in [-0.2, 0) is 4.79 Å². The smallest absolute Gasteiger partial charge is 0.259 e. The lowest BCUT2D eigenvalue weighted by molar-refractivity contribution is -0.123. The van der Waals surface area contributed by atoms with Crippen LogP contribution in [-0.4, -0.2) is 27.2 Å². The zero-order valence-corrected chi connectivity index (χ0v) is 13.7. The van der Waals surface area contributed by atoms with E-state index >= 15 is 0 Å². The molecule has 0 aliphatic carbocycles. The number of hydrogen-bond acceptors (Lipinski definition) is 4. The molecule has 0 atom stereocenters. The lowest BCUT2D eigenvalue weighted by Crippen LogP contribution is -2.22. The second-order valence-electron chi connectivity index (χ2n) is 5.24. The van der Waals surface area contributed by atoms with Crippen LogP contribution in [0.2, 0.25) is 0 Å². The Balaban J connectivity index is 1.93. The fraction of sp³-hybridized carbons (Fsp3) is 0.0556. The predicted octanol–water partition coefficient (Wildman–Crippen LogP) is 4.19. The molecule has 0 bridgehead atoms. The highest BCUT2D eigenvalue weighted by Gasteiger charge is 2.26. The first-order valence-corrected chi connectivity index (χ1v) is 8.57. The molecule has 0 unspecified atom stereocenters. The van der Waals surface area contributed by atoms with Crippen LogP contribution < -0.4 is 0 Å². The van der Waals surface area contributed by atoms with Gasteiger partial charge in [0.2, 0.25) is 0 Å². The Labute approximate surface area is 143 Å². The van der Waals surface area contributed by atoms with Gasteiger partial charge in [0, 0.05) is 5.56 Å². The topological polar surface area (TPSA) is 32.7 Å². The Morgan fingerprint density at radius 2 is 1.65 bits per heavy atom. The molecule has 0 saturated carbocycles. The first kappa shape index (κ1) is 14.4. The zero-order chi connectivity index (χ0) is 15.8. The summed E-state index contributed by atoms with van der Waals surface area (Å²) < 4.78 is 0.510. The molecule has 1 fully saturated rings. The highest BCUT2D eigenvalue weighted by atomic mass is 32.2. The van der Waals surface area contributed by atoms with E-state index in [4.69, 9.17) is 12.2 Å². The molecule has 1 heterocycles. The molecule has 1 aliphatic rings. The van der Waals surface area contributed by atoms with Crippen molar-refractivity contribution in [1.82, 2.24) is 5.01 Å². The summed E-state index contributed by atoms with van der Waals surface area (Å²) in [5.74, 6) is 0.299. The Bertz CT molecular complexity index is 911. The monoisotopic (exact) mass is 336 g/mol. The molecule has 5 heteroatoms. The Morgan fingerprint density at radius 3 is 2.22 bits per heavy atom. The number of benzene rings is 3. The zero-order valence-electron chi connectivity index (χ0n) is 12.1. The second kappa shape index (κ2) is 5.76. The number of rotatable bonds is 2. The molecule has 1 saturated heterocycles. The van der Waals surface area contributed by atoms with Crippen molar-refractivity contribution in [3.8, 4) is 0 Å². The van der Waals surface area contributed by atoms with Gasteiger partial charge in [-0.15, -0.1) is 0 Å². The predicted molar refractivity (Wildman–Crippen MR) is 101 cm³/mol. The quantitative estimate of drug-likeness (QED) is 0.400. The number of thiocarbonyl (C=S) groups is 1. The Morgan fingerprint density at radius 1 is 1.04 bits per heavy atom. The summed E-state index contributed by atoms with van der Waals surface area (Å²) in [5, 5.41) is 10.2. The van der Waals surface area contributed by atoms with Crippen LogP contribution in [0, 0.1) is 0 Å². The van der Waals surface area contributed by atoms with Gasteiger partial charge in [-0.2, -0.15) is 10.1 Å². The summed E-state index contributed by atoms with van der Waals surface area (Å²) >= 11 is 6.53. The molecule has 0 N–H and O–H groups in total. The SMILES string of the molecule is O=C1CSC(=S)N1/N=C/c1c2ccccc2cc2ccccc12. The molecule has 3 nitrogen and oxygen atoms in total. The van der Waals surface area contributed by atoms with Crippen molar-refractivity contribution in [3.63, 3.8) is 0 Å². The van der Waals surface area contributed by atoms with E-state index in [1.165, 1.54) is 16.8 Å². The fourth-order valence-corrected chi connectivity index (χ4v) is 3.73. The molecule has 23 heavy (non-hydrogen) atoms. The van der Waals surface area contributed by atoms with Crippen LogP contribution in [0.3, 0.4) is 0 Å². The normalized spacial score (nSPS) is 15.4. The third kappa shape index (κ3) is 2.52. The summed E-state index contributed by atoms with van der Waals surface area (Å²) in [6.07, 6.45) is 1.75. The summed E-state index contributed by atoms with van der Waals surface area (Å²) in [4.78, 5) is 11.8. The number of fused-ring (bicyclic) bond motifs is 2. The van der Waals surface area contributed by atoms with E-state index in [9.17, 15) is 4.79 Å². The maximum absolute atomic E-state index is 11.8. The highest BCUT2D eigenvalue weighted by molar-refractivity contribution is 8.23. The van der Waals surface area contributed by atoms with Crippen molar-refractivity contribution in [2.24, 2.45) is 5.10 Å². The van der Waals surface area contributed by atoms with Crippen molar-refractivity contribution >= 4 is 62.0 Å². The molecular weight excluding hydrogens is 324 g/mol. The summed E-state index contributed by atoms with van der Waals surface area (Å²) in [6, 6.07) is 18.5. The highest BCUT2D eigenvalue weighted by Crippen LogP contribution is 2.28. The fourth-order valence-electron chi connectivity index (χ4n) is 2.76. The van der Waals surface area contributed by atoms with Gasteiger partial charge in [0.25, 0.3) is 5.91 Å². The van der Waals surface area contributed by atoms with E-state index < -0.39 is 0 Å². The van der Waals surface area contributed by atoms with Crippen LogP contribution >= 0.6 is 24.0 Å². The number of nitrogens with zero attached hydrogens (tertiary/aromatic N) is 2. The van der Waals surface area contributed by atoms with E-state index in [-0.39, 0.29) is 5.91 Å². The number of carbonyl (C=O) groups excluding carboxylic acids is 1. The average molecular weight is 336 g/mol. The molecule has 0 spiro atoms. The molecule has 1 amide bonds. The first-order valence-electron chi connectivity index (χ1n) is 7.18. The molecule has 3 aromatic carbocycles. The minimum Gasteiger partial charge on any atom is -0.272 e. The lowest BCUT2D eigenvalue weighted by Gasteiger charge is -2.10. The van der Waals surface area contributed by atoms with E-state index in [2.05, 4.69) is 35.4 Å². The van der Waals surface area contributed by atoms with Gasteiger partial charge in [0.15, 0.2) is 4.32 Å². The van der Waals surface area contributed by atoms with Gasteiger partial charge >= 0.3 is 0 Å². The van der Waals surface area contributed by atoms with Crippen molar-refractivity contribution in [1.29, 1.82) is 0 Å². The van der Waals surface area contributed by atoms with E-state index in [0.717, 1.165) is 27.1 Å². The van der Waals surface area contributed by atoms with Gasteiger partial charge in [0.1, 0.15) is 0 Å². The van der Waals surface area contributed by atoms with Crippen molar-refractivity contribution in [2.75, 3.05) is 5.75 Å². The third-order valence-corrected chi connectivity index (χ3v) is 5.18. The second-order valence-corrected chi connectivity index (χ2v) is 6.85. The van der Waals surface area contributed by atoms with Crippen molar-refractivity contribution in [2.45, 2.75) is 0 Å². The van der Waals surface area contributed by atoms with Gasteiger partial charge < -0.3 is 0 Å². The van der Waals surface area contributed by atoms with Gasteiger partial charge in [-0.3, -0.25) is 4.79 Å².